The third-order valence-electron chi connectivity index (χ3n) is 4.48. The van der Waals surface area contributed by atoms with Gasteiger partial charge < -0.3 is 10.1 Å². The Labute approximate surface area is 173 Å². The molecule has 0 atom stereocenters. The van der Waals surface area contributed by atoms with E-state index in [1.807, 2.05) is 67.6 Å². The first-order chi connectivity index (χ1) is 14.6. The predicted octanol–water partition coefficient (Wildman–Crippen LogP) is 5.00. The second kappa shape index (κ2) is 8.61. The van der Waals surface area contributed by atoms with Crippen LogP contribution in [0.2, 0.25) is 0 Å². The van der Waals surface area contributed by atoms with Crippen molar-refractivity contribution in [1.29, 1.82) is 0 Å². The number of halogens is 1. The van der Waals surface area contributed by atoms with E-state index in [0.29, 0.717) is 11.6 Å². The van der Waals surface area contributed by atoms with Gasteiger partial charge >= 0.3 is 0 Å². The number of ether oxygens (including phenoxy) is 1. The monoisotopic (exact) mass is 401 g/mol. The molecule has 0 radical (unpaired) electrons. The van der Waals surface area contributed by atoms with E-state index in [1.54, 1.807) is 4.68 Å². The number of para-hydroxylation sites is 1. The highest BCUT2D eigenvalue weighted by Gasteiger charge is 2.14. The lowest BCUT2D eigenvalue weighted by Crippen LogP contribution is -2.21. The van der Waals surface area contributed by atoms with E-state index in [-0.39, 0.29) is 18.3 Å². The summed E-state index contributed by atoms with van der Waals surface area (Å²) in [5.74, 6) is 0.253. The number of carbonyl (C=O) groups excluding carboxylic acids is 1. The van der Waals surface area contributed by atoms with E-state index >= 15 is 0 Å². The summed E-state index contributed by atoms with van der Waals surface area (Å²) in [6, 6.07) is 24.9. The molecule has 1 amide bonds. The minimum atomic E-state index is -0.359. The number of aryl methyl sites for hydroxylation is 1. The highest BCUT2D eigenvalue weighted by Crippen LogP contribution is 2.25. The Kier molecular flexibility index (Phi) is 5.57. The summed E-state index contributed by atoms with van der Waals surface area (Å²) in [5.41, 5.74) is 3.66. The van der Waals surface area contributed by atoms with E-state index in [9.17, 15) is 9.18 Å². The molecule has 5 nitrogen and oxygen atoms in total. The molecule has 4 aromatic rings. The molecular weight excluding hydrogens is 381 g/mol. The number of amides is 1. The van der Waals surface area contributed by atoms with Gasteiger partial charge in [-0.05, 0) is 49.4 Å². The lowest BCUT2D eigenvalue weighted by Gasteiger charge is -2.09. The Morgan fingerprint density at radius 1 is 1.00 bits per heavy atom. The highest BCUT2D eigenvalue weighted by atomic mass is 19.1. The highest BCUT2D eigenvalue weighted by molar-refractivity contribution is 5.92. The molecule has 3 aromatic carbocycles. The molecule has 0 saturated heterocycles. The van der Waals surface area contributed by atoms with Crippen molar-refractivity contribution in [3.8, 4) is 22.7 Å². The molecule has 0 aliphatic heterocycles. The van der Waals surface area contributed by atoms with Crippen molar-refractivity contribution in [3.05, 3.63) is 96.3 Å². The Balaban J connectivity index is 1.57. The van der Waals surface area contributed by atoms with Crippen molar-refractivity contribution < 1.29 is 13.9 Å². The number of anilines is 1. The van der Waals surface area contributed by atoms with Gasteiger partial charge in [0.05, 0.1) is 11.4 Å². The number of benzene rings is 3. The van der Waals surface area contributed by atoms with Crippen LogP contribution in [-0.2, 0) is 4.79 Å². The van der Waals surface area contributed by atoms with Gasteiger partial charge in [0.1, 0.15) is 17.4 Å². The van der Waals surface area contributed by atoms with Crippen LogP contribution in [0, 0.1) is 12.7 Å². The normalized spacial score (nSPS) is 10.6. The zero-order valence-corrected chi connectivity index (χ0v) is 16.4. The fourth-order valence-electron chi connectivity index (χ4n) is 3.04. The fraction of sp³-hybridized carbons (Fsp3) is 0.0833. The number of aromatic nitrogens is 2. The van der Waals surface area contributed by atoms with Crippen molar-refractivity contribution in [2.24, 2.45) is 0 Å². The first-order valence-electron chi connectivity index (χ1n) is 9.49. The molecule has 1 N–H and O–H groups in total. The second-order valence-corrected chi connectivity index (χ2v) is 6.82. The molecule has 150 valence electrons. The fourth-order valence-corrected chi connectivity index (χ4v) is 3.04. The second-order valence-electron chi connectivity index (χ2n) is 6.82. The summed E-state index contributed by atoms with van der Waals surface area (Å²) in [6.45, 7) is 1.82. The van der Waals surface area contributed by atoms with E-state index in [0.717, 1.165) is 22.5 Å². The summed E-state index contributed by atoms with van der Waals surface area (Å²) in [4.78, 5) is 12.5. The number of hydrogen-bond acceptors (Lipinski definition) is 3. The summed E-state index contributed by atoms with van der Waals surface area (Å²) in [7, 11) is 0. The third kappa shape index (κ3) is 4.55. The largest absolute Gasteiger partial charge is 0.484 e. The maximum atomic E-state index is 13.0. The Bertz CT molecular complexity index is 1150. The number of carbonyl (C=O) groups is 1. The number of rotatable bonds is 6. The first kappa shape index (κ1) is 19.4. The Hall–Kier alpha value is -3.93. The molecule has 30 heavy (non-hydrogen) atoms. The summed E-state index contributed by atoms with van der Waals surface area (Å²) >= 11 is 0. The van der Waals surface area contributed by atoms with E-state index in [1.165, 1.54) is 24.3 Å². The van der Waals surface area contributed by atoms with Gasteiger partial charge in [-0.3, -0.25) is 4.79 Å². The minimum Gasteiger partial charge on any atom is -0.484 e. The molecule has 0 saturated carbocycles. The quantitative estimate of drug-likeness (QED) is 0.494. The molecule has 0 fully saturated rings. The van der Waals surface area contributed by atoms with Crippen LogP contribution >= 0.6 is 0 Å². The lowest BCUT2D eigenvalue weighted by atomic mass is 10.1. The molecular formula is C24H20FN3O2. The van der Waals surface area contributed by atoms with Crippen molar-refractivity contribution in [2.45, 2.75) is 6.92 Å². The summed E-state index contributed by atoms with van der Waals surface area (Å²) in [5, 5.41) is 7.55. The van der Waals surface area contributed by atoms with Crippen LogP contribution in [0.15, 0.2) is 84.9 Å². The lowest BCUT2D eigenvalue weighted by molar-refractivity contribution is -0.118. The third-order valence-corrected chi connectivity index (χ3v) is 4.48. The summed E-state index contributed by atoms with van der Waals surface area (Å²) < 4.78 is 20.1. The zero-order valence-electron chi connectivity index (χ0n) is 16.4. The van der Waals surface area contributed by atoms with Gasteiger partial charge in [0, 0.05) is 11.6 Å². The van der Waals surface area contributed by atoms with Crippen molar-refractivity contribution >= 4 is 11.7 Å². The Morgan fingerprint density at radius 3 is 2.50 bits per heavy atom. The molecule has 0 aliphatic rings. The molecule has 4 rings (SSSR count). The SMILES string of the molecule is Cc1cccc(-c2cc(NC(=O)COc3ccc(F)cc3)n(-c3ccccc3)n2)c1. The standard InChI is InChI=1S/C24H20FN3O2/c1-17-6-5-7-18(14-17)22-15-23(28(27-22)20-8-3-2-4-9-20)26-24(29)16-30-21-12-10-19(25)11-13-21/h2-15H,16H2,1H3,(H,26,29). The molecule has 6 heteroatoms. The molecule has 0 spiro atoms. The molecule has 1 heterocycles. The number of hydrogen-bond donors (Lipinski definition) is 1. The average molecular weight is 401 g/mol. The van der Waals surface area contributed by atoms with Gasteiger partial charge in [-0.1, -0.05) is 42.0 Å². The average Bonchev–Trinajstić information content (AvgIpc) is 3.18. The van der Waals surface area contributed by atoms with Gasteiger partial charge in [-0.2, -0.15) is 5.10 Å². The van der Waals surface area contributed by atoms with Gasteiger partial charge in [-0.25, -0.2) is 9.07 Å². The van der Waals surface area contributed by atoms with Crippen LogP contribution in [0.1, 0.15) is 5.56 Å². The maximum absolute atomic E-state index is 13.0. The Morgan fingerprint density at radius 2 is 1.77 bits per heavy atom. The van der Waals surface area contributed by atoms with E-state index in [2.05, 4.69) is 5.32 Å². The van der Waals surface area contributed by atoms with Gasteiger partial charge in [0.2, 0.25) is 0 Å². The van der Waals surface area contributed by atoms with Crippen molar-refractivity contribution in [3.63, 3.8) is 0 Å². The molecule has 1 aromatic heterocycles. The zero-order chi connectivity index (χ0) is 20.9. The molecule has 0 unspecified atom stereocenters. The van der Waals surface area contributed by atoms with Crippen LogP contribution in [0.25, 0.3) is 16.9 Å². The number of nitrogens with zero attached hydrogens (tertiary/aromatic N) is 2. The van der Waals surface area contributed by atoms with E-state index in [4.69, 9.17) is 9.84 Å². The smallest absolute Gasteiger partial charge is 0.263 e. The summed E-state index contributed by atoms with van der Waals surface area (Å²) in [6.07, 6.45) is 0. The van der Waals surface area contributed by atoms with Gasteiger partial charge in [0.15, 0.2) is 6.61 Å². The van der Waals surface area contributed by atoms with Crippen LogP contribution in [0.4, 0.5) is 10.2 Å². The topological polar surface area (TPSA) is 56.1 Å². The van der Waals surface area contributed by atoms with Crippen LogP contribution in [0.3, 0.4) is 0 Å². The molecule has 0 aliphatic carbocycles. The van der Waals surface area contributed by atoms with Crippen molar-refractivity contribution in [2.75, 3.05) is 11.9 Å². The van der Waals surface area contributed by atoms with E-state index < -0.39 is 0 Å². The molecule has 0 bridgehead atoms. The maximum Gasteiger partial charge on any atom is 0.263 e. The predicted molar refractivity (Wildman–Crippen MR) is 114 cm³/mol. The minimum absolute atomic E-state index is 0.203. The van der Waals surface area contributed by atoms with Gasteiger partial charge in [-0.15, -0.1) is 0 Å². The van der Waals surface area contributed by atoms with Crippen LogP contribution in [0.5, 0.6) is 5.75 Å². The first-order valence-corrected chi connectivity index (χ1v) is 9.49. The van der Waals surface area contributed by atoms with Crippen LogP contribution < -0.4 is 10.1 Å². The van der Waals surface area contributed by atoms with Crippen molar-refractivity contribution in [1.82, 2.24) is 9.78 Å². The van der Waals surface area contributed by atoms with Gasteiger partial charge in [0.25, 0.3) is 5.91 Å². The number of nitrogens with one attached hydrogen (secondary N) is 1. The van der Waals surface area contributed by atoms with Crippen LogP contribution in [-0.4, -0.2) is 22.3 Å².